The van der Waals surface area contributed by atoms with Crippen LogP contribution in [-0.2, 0) is 29.5 Å². The molecule has 2 aromatic rings. The predicted octanol–water partition coefficient (Wildman–Crippen LogP) is 2.75. The fraction of sp³-hybridized carbons (Fsp3) is 0.412. The normalized spacial score (nSPS) is 10.6. The molecule has 1 aromatic carbocycles. The zero-order valence-corrected chi connectivity index (χ0v) is 13.1. The average Bonchev–Trinajstić information content (AvgIpc) is 2.89. The minimum Gasteiger partial charge on any atom is -0.462 e. The molecular formula is C17H22N2O3. The lowest BCUT2D eigenvalue weighted by Crippen LogP contribution is -2.10. The first kappa shape index (κ1) is 16.2. The molecule has 0 amide bonds. The van der Waals surface area contributed by atoms with Gasteiger partial charge in [0.05, 0.1) is 25.1 Å². The summed E-state index contributed by atoms with van der Waals surface area (Å²) in [6.45, 7) is 3.41. The third kappa shape index (κ3) is 4.43. The van der Waals surface area contributed by atoms with E-state index in [-0.39, 0.29) is 5.97 Å². The van der Waals surface area contributed by atoms with Gasteiger partial charge in [0.2, 0.25) is 0 Å². The Hall–Kier alpha value is -2.14. The summed E-state index contributed by atoms with van der Waals surface area (Å²) in [5.74, 6) is -0.309. The van der Waals surface area contributed by atoms with E-state index in [1.807, 2.05) is 37.4 Å². The highest BCUT2D eigenvalue weighted by Gasteiger charge is 2.16. The van der Waals surface area contributed by atoms with E-state index in [1.54, 1.807) is 17.8 Å². The van der Waals surface area contributed by atoms with Crippen molar-refractivity contribution in [3.05, 3.63) is 53.3 Å². The van der Waals surface area contributed by atoms with Crippen LogP contribution in [0.3, 0.4) is 0 Å². The molecule has 118 valence electrons. The molecule has 0 spiro atoms. The third-order valence-electron chi connectivity index (χ3n) is 3.37. The van der Waals surface area contributed by atoms with Crippen molar-refractivity contribution in [3.8, 4) is 0 Å². The number of carbonyl (C=O) groups is 1. The van der Waals surface area contributed by atoms with Gasteiger partial charge in [-0.3, -0.25) is 4.68 Å². The van der Waals surface area contributed by atoms with Crippen molar-refractivity contribution in [1.82, 2.24) is 9.78 Å². The van der Waals surface area contributed by atoms with Gasteiger partial charge in [0.25, 0.3) is 0 Å². The Morgan fingerprint density at radius 3 is 2.77 bits per heavy atom. The Bertz CT molecular complexity index is 593. The van der Waals surface area contributed by atoms with Crippen LogP contribution in [0.2, 0.25) is 0 Å². The van der Waals surface area contributed by atoms with Crippen molar-refractivity contribution in [2.24, 2.45) is 7.05 Å². The molecule has 5 nitrogen and oxygen atoms in total. The van der Waals surface area contributed by atoms with E-state index in [9.17, 15) is 4.79 Å². The maximum atomic E-state index is 11.8. The number of aryl methyl sites for hydroxylation is 1. The molecule has 22 heavy (non-hydrogen) atoms. The quantitative estimate of drug-likeness (QED) is 0.556. The highest BCUT2D eigenvalue weighted by atomic mass is 16.5. The van der Waals surface area contributed by atoms with Crippen molar-refractivity contribution in [3.63, 3.8) is 0 Å². The maximum absolute atomic E-state index is 11.8. The van der Waals surface area contributed by atoms with Gasteiger partial charge >= 0.3 is 5.97 Å². The number of benzene rings is 1. The zero-order valence-electron chi connectivity index (χ0n) is 13.1. The first-order valence-corrected chi connectivity index (χ1v) is 7.52. The monoisotopic (exact) mass is 302 g/mol. The van der Waals surface area contributed by atoms with Crippen LogP contribution in [-0.4, -0.2) is 29.0 Å². The summed E-state index contributed by atoms with van der Waals surface area (Å²) in [7, 11) is 1.84. The number of nitrogens with zero attached hydrogens (tertiary/aromatic N) is 2. The molecule has 0 aliphatic carbocycles. The molecule has 0 atom stereocenters. The highest BCUT2D eigenvalue weighted by molar-refractivity contribution is 5.90. The Labute approximate surface area is 130 Å². The summed E-state index contributed by atoms with van der Waals surface area (Å²) in [6, 6.07) is 10.1. The second kappa shape index (κ2) is 8.34. The molecule has 5 heteroatoms. The van der Waals surface area contributed by atoms with Crippen LogP contribution in [0.25, 0.3) is 0 Å². The van der Waals surface area contributed by atoms with E-state index >= 15 is 0 Å². The predicted molar refractivity (Wildman–Crippen MR) is 83.6 cm³/mol. The van der Waals surface area contributed by atoms with E-state index in [4.69, 9.17) is 9.47 Å². The molecule has 0 aliphatic heterocycles. The van der Waals surface area contributed by atoms with E-state index in [0.717, 1.165) is 24.1 Å². The maximum Gasteiger partial charge on any atom is 0.341 e. The molecular weight excluding hydrogens is 280 g/mol. The lowest BCUT2D eigenvalue weighted by molar-refractivity contribution is 0.0524. The van der Waals surface area contributed by atoms with Crippen LogP contribution in [0.15, 0.2) is 36.5 Å². The number of hydrogen-bond acceptors (Lipinski definition) is 4. The standard InChI is InChI=1S/C17H22N2O3/c1-3-22-17(20)15-12-18-19(2)16(15)10-7-11-21-13-14-8-5-4-6-9-14/h4-6,8-9,12H,3,7,10-11,13H2,1-2H3. The number of ether oxygens (including phenoxy) is 2. The van der Waals surface area contributed by atoms with Gasteiger partial charge in [-0.05, 0) is 25.3 Å². The summed E-state index contributed by atoms with van der Waals surface area (Å²) in [6.07, 6.45) is 3.14. The Kier molecular flexibility index (Phi) is 6.15. The van der Waals surface area contributed by atoms with Crippen LogP contribution in [0.1, 0.15) is 35.0 Å². The molecule has 0 N–H and O–H groups in total. The number of esters is 1. The second-order valence-corrected chi connectivity index (χ2v) is 4.99. The van der Waals surface area contributed by atoms with Crippen LogP contribution in [0.5, 0.6) is 0 Å². The van der Waals surface area contributed by atoms with Crippen molar-refractivity contribution >= 4 is 5.97 Å². The summed E-state index contributed by atoms with van der Waals surface area (Å²) in [5.41, 5.74) is 2.60. The summed E-state index contributed by atoms with van der Waals surface area (Å²) in [5, 5.41) is 4.14. The van der Waals surface area contributed by atoms with Crippen molar-refractivity contribution in [2.45, 2.75) is 26.4 Å². The molecule has 0 aliphatic rings. The lowest BCUT2D eigenvalue weighted by Gasteiger charge is -2.07. The zero-order chi connectivity index (χ0) is 15.8. The molecule has 1 aromatic heterocycles. The first-order chi connectivity index (χ1) is 10.7. The molecule has 1 heterocycles. The fourth-order valence-corrected chi connectivity index (χ4v) is 2.24. The van der Waals surface area contributed by atoms with Gasteiger partial charge < -0.3 is 9.47 Å². The minimum absolute atomic E-state index is 0.309. The van der Waals surface area contributed by atoms with E-state index in [2.05, 4.69) is 5.10 Å². The summed E-state index contributed by atoms with van der Waals surface area (Å²) in [4.78, 5) is 11.8. The largest absolute Gasteiger partial charge is 0.462 e. The smallest absolute Gasteiger partial charge is 0.341 e. The first-order valence-electron chi connectivity index (χ1n) is 7.52. The van der Waals surface area contributed by atoms with Gasteiger partial charge in [0.1, 0.15) is 5.56 Å². The molecule has 0 saturated heterocycles. The lowest BCUT2D eigenvalue weighted by atomic mass is 10.1. The highest BCUT2D eigenvalue weighted by Crippen LogP contribution is 2.12. The molecule has 0 bridgehead atoms. The van der Waals surface area contributed by atoms with E-state index in [1.165, 1.54) is 0 Å². The van der Waals surface area contributed by atoms with E-state index in [0.29, 0.717) is 25.4 Å². The van der Waals surface area contributed by atoms with Crippen LogP contribution in [0.4, 0.5) is 0 Å². The summed E-state index contributed by atoms with van der Waals surface area (Å²) >= 11 is 0. The number of rotatable bonds is 8. The van der Waals surface area contributed by atoms with Gasteiger partial charge in [-0.2, -0.15) is 5.10 Å². The van der Waals surface area contributed by atoms with E-state index < -0.39 is 0 Å². The third-order valence-corrected chi connectivity index (χ3v) is 3.37. The number of carbonyl (C=O) groups excluding carboxylic acids is 1. The average molecular weight is 302 g/mol. The fourth-order valence-electron chi connectivity index (χ4n) is 2.24. The number of hydrogen-bond donors (Lipinski definition) is 0. The Balaban J connectivity index is 1.79. The van der Waals surface area contributed by atoms with Crippen molar-refractivity contribution in [1.29, 1.82) is 0 Å². The van der Waals surface area contributed by atoms with Crippen LogP contribution >= 0.6 is 0 Å². The molecule has 0 saturated carbocycles. The van der Waals surface area contributed by atoms with Crippen molar-refractivity contribution in [2.75, 3.05) is 13.2 Å². The molecule has 0 fully saturated rings. The SMILES string of the molecule is CCOC(=O)c1cnn(C)c1CCCOCc1ccccc1. The second-order valence-electron chi connectivity index (χ2n) is 4.99. The van der Waals surface area contributed by atoms with Crippen LogP contribution in [0, 0.1) is 0 Å². The summed E-state index contributed by atoms with van der Waals surface area (Å²) < 4.78 is 12.4. The Morgan fingerprint density at radius 1 is 1.27 bits per heavy atom. The molecule has 0 radical (unpaired) electrons. The van der Waals surface area contributed by atoms with Crippen molar-refractivity contribution < 1.29 is 14.3 Å². The van der Waals surface area contributed by atoms with Gasteiger partial charge in [-0.1, -0.05) is 30.3 Å². The Morgan fingerprint density at radius 2 is 2.05 bits per heavy atom. The minimum atomic E-state index is -0.309. The van der Waals surface area contributed by atoms with Gasteiger partial charge in [0, 0.05) is 13.7 Å². The number of aromatic nitrogens is 2. The van der Waals surface area contributed by atoms with Crippen LogP contribution < -0.4 is 0 Å². The molecule has 2 rings (SSSR count). The topological polar surface area (TPSA) is 53.3 Å². The van der Waals surface area contributed by atoms with Gasteiger partial charge in [0.15, 0.2) is 0 Å². The van der Waals surface area contributed by atoms with Gasteiger partial charge in [-0.15, -0.1) is 0 Å². The molecule has 0 unspecified atom stereocenters. The van der Waals surface area contributed by atoms with Gasteiger partial charge in [-0.25, -0.2) is 4.79 Å².